The summed E-state index contributed by atoms with van der Waals surface area (Å²) in [6.45, 7) is 8.33. The molecule has 2 N–H and O–H groups in total. The molecule has 0 aromatic heterocycles. The minimum absolute atomic E-state index is 0.0568. The van der Waals surface area contributed by atoms with E-state index in [1.54, 1.807) is 7.11 Å². The number of carbonyl (C=O) groups is 2. The van der Waals surface area contributed by atoms with E-state index in [1.807, 2.05) is 44.5 Å². The summed E-state index contributed by atoms with van der Waals surface area (Å²) in [5.41, 5.74) is 2.96. The van der Waals surface area contributed by atoms with Crippen LogP contribution in [0.3, 0.4) is 0 Å². The van der Waals surface area contributed by atoms with E-state index in [9.17, 15) is 26.4 Å². The molecule has 0 aliphatic rings. The monoisotopic (exact) mass is 554 g/mol. The third kappa shape index (κ3) is 7.16. The van der Waals surface area contributed by atoms with Gasteiger partial charge in [0.15, 0.2) is 0 Å². The van der Waals surface area contributed by atoms with Crippen molar-refractivity contribution in [3.63, 3.8) is 0 Å². The van der Waals surface area contributed by atoms with E-state index >= 15 is 0 Å². The molecule has 0 unspecified atom stereocenters. The minimum Gasteiger partial charge on any atom is -0.465 e. The van der Waals surface area contributed by atoms with E-state index in [0.717, 1.165) is 47.6 Å². The molecule has 2 aromatic carbocycles. The van der Waals surface area contributed by atoms with Crippen LogP contribution < -0.4 is 9.44 Å². The van der Waals surface area contributed by atoms with Crippen molar-refractivity contribution in [2.24, 2.45) is 0 Å². The standard InChI is InChI=1S/C25H34N2O8S2/c1-15(2)19-10-17(14-34-6)11-20(16(3)4)21(19)13-24(28)27-37(32,33)23-9-8-18(36(30,31)26-5)12-22(23)25(29)35-7/h8-12,15-16,26H,13-14H2,1-7H3,(H,27,28). The summed E-state index contributed by atoms with van der Waals surface area (Å²) in [5.74, 6) is -1.76. The van der Waals surface area contributed by atoms with Crippen LogP contribution in [0.1, 0.15) is 72.1 Å². The molecule has 12 heteroatoms. The molecule has 2 aromatic rings. The Hall–Kier alpha value is -2.80. The van der Waals surface area contributed by atoms with Crippen molar-refractivity contribution in [2.45, 2.75) is 62.3 Å². The fourth-order valence-corrected chi connectivity index (χ4v) is 5.88. The molecule has 37 heavy (non-hydrogen) atoms. The normalized spacial score (nSPS) is 12.1. The van der Waals surface area contributed by atoms with Gasteiger partial charge in [0.2, 0.25) is 15.9 Å². The quantitative estimate of drug-likeness (QED) is 0.404. The van der Waals surface area contributed by atoms with E-state index < -0.39 is 42.4 Å². The van der Waals surface area contributed by atoms with E-state index in [2.05, 4.69) is 9.46 Å². The van der Waals surface area contributed by atoms with Gasteiger partial charge >= 0.3 is 5.97 Å². The molecule has 10 nitrogen and oxygen atoms in total. The summed E-state index contributed by atoms with van der Waals surface area (Å²) in [4.78, 5) is 24.5. The molecule has 0 heterocycles. The van der Waals surface area contributed by atoms with Crippen LogP contribution in [-0.2, 0) is 47.3 Å². The lowest BCUT2D eigenvalue weighted by atomic mass is 9.85. The van der Waals surface area contributed by atoms with Crippen molar-refractivity contribution in [3.8, 4) is 0 Å². The first kappa shape index (κ1) is 30.4. The summed E-state index contributed by atoms with van der Waals surface area (Å²) >= 11 is 0. The number of esters is 1. The van der Waals surface area contributed by atoms with Crippen LogP contribution in [0.5, 0.6) is 0 Å². The van der Waals surface area contributed by atoms with Crippen LogP contribution in [0.2, 0.25) is 0 Å². The smallest absolute Gasteiger partial charge is 0.339 e. The molecule has 0 atom stereocenters. The Morgan fingerprint density at radius 3 is 1.92 bits per heavy atom. The number of carbonyl (C=O) groups excluding carboxylic acids is 2. The van der Waals surface area contributed by atoms with Gasteiger partial charge in [0, 0.05) is 7.11 Å². The first-order chi connectivity index (χ1) is 17.2. The van der Waals surface area contributed by atoms with Gasteiger partial charge in [-0.15, -0.1) is 0 Å². The van der Waals surface area contributed by atoms with Crippen molar-refractivity contribution in [1.82, 2.24) is 9.44 Å². The van der Waals surface area contributed by atoms with Gasteiger partial charge in [0.05, 0.1) is 30.6 Å². The van der Waals surface area contributed by atoms with Crippen molar-refractivity contribution >= 4 is 31.9 Å². The Bertz CT molecular complexity index is 1350. The Morgan fingerprint density at radius 1 is 0.892 bits per heavy atom. The number of hydrogen-bond donors (Lipinski definition) is 2. The van der Waals surface area contributed by atoms with E-state index in [0.29, 0.717) is 6.61 Å². The maximum Gasteiger partial charge on any atom is 0.339 e. The number of methoxy groups -OCH3 is 2. The van der Waals surface area contributed by atoms with Gasteiger partial charge in [0.25, 0.3) is 10.0 Å². The van der Waals surface area contributed by atoms with E-state index in [4.69, 9.17) is 4.74 Å². The van der Waals surface area contributed by atoms with Gasteiger partial charge in [0.1, 0.15) is 4.90 Å². The number of sulfonamides is 2. The summed E-state index contributed by atoms with van der Waals surface area (Å²) < 4.78 is 64.7. The van der Waals surface area contributed by atoms with Crippen molar-refractivity contribution in [1.29, 1.82) is 0 Å². The average Bonchev–Trinajstić information content (AvgIpc) is 2.83. The lowest BCUT2D eigenvalue weighted by Crippen LogP contribution is -2.33. The summed E-state index contributed by atoms with van der Waals surface area (Å²) in [6, 6.07) is 6.77. The molecule has 2 rings (SSSR count). The van der Waals surface area contributed by atoms with Crippen molar-refractivity contribution in [3.05, 3.63) is 58.1 Å². The summed E-state index contributed by atoms with van der Waals surface area (Å²) in [6.07, 6.45) is -0.215. The number of ether oxygens (including phenoxy) is 2. The molecule has 0 spiro atoms. The van der Waals surface area contributed by atoms with Crippen LogP contribution in [0.4, 0.5) is 0 Å². The number of hydrogen-bond acceptors (Lipinski definition) is 8. The van der Waals surface area contributed by atoms with E-state index in [1.165, 1.54) is 7.05 Å². The number of benzene rings is 2. The maximum atomic E-state index is 13.2. The van der Waals surface area contributed by atoms with Crippen LogP contribution >= 0.6 is 0 Å². The number of nitrogens with one attached hydrogen (secondary N) is 2. The molecule has 204 valence electrons. The lowest BCUT2D eigenvalue weighted by Gasteiger charge is -2.21. The third-order valence-electron chi connectivity index (χ3n) is 5.74. The second-order valence-corrected chi connectivity index (χ2v) is 12.6. The van der Waals surface area contributed by atoms with Gasteiger partial charge in [-0.05, 0) is 59.3 Å². The zero-order chi connectivity index (χ0) is 28.1. The minimum atomic E-state index is -4.55. The highest BCUT2D eigenvalue weighted by Crippen LogP contribution is 2.31. The maximum absolute atomic E-state index is 13.2. The van der Waals surface area contributed by atoms with E-state index in [-0.39, 0.29) is 23.2 Å². The average molecular weight is 555 g/mol. The summed E-state index contributed by atoms with van der Waals surface area (Å²) in [5, 5.41) is 0. The Labute approximate surface area is 218 Å². The Kier molecular flexibility index (Phi) is 10.0. The molecule has 0 bridgehead atoms. The van der Waals surface area contributed by atoms with Gasteiger partial charge in [-0.3, -0.25) is 4.79 Å². The molecule has 0 saturated heterocycles. The predicted octanol–water partition coefficient (Wildman–Crippen LogP) is 2.82. The molecule has 0 radical (unpaired) electrons. The number of amides is 1. The van der Waals surface area contributed by atoms with Gasteiger partial charge < -0.3 is 9.47 Å². The predicted molar refractivity (Wildman–Crippen MR) is 138 cm³/mol. The Balaban J connectivity index is 2.52. The lowest BCUT2D eigenvalue weighted by molar-refractivity contribution is -0.118. The topological polar surface area (TPSA) is 145 Å². The first-order valence-electron chi connectivity index (χ1n) is 11.5. The molecule has 1 amide bonds. The highest BCUT2D eigenvalue weighted by atomic mass is 32.2. The highest BCUT2D eigenvalue weighted by Gasteiger charge is 2.28. The largest absolute Gasteiger partial charge is 0.465 e. The van der Waals surface area contributed by atoms with Gasteiger partial charge in [-0.1, -0.05) is 39.8 Å². The third-order valence-corrected chi connectivity index (χ3v) is 8.59. The first-order valence-corrected chi connectivity index (χ1v) is 14.5. The second-order valence-electron chi connectivity index (χ2n) is 9.06. The van der Waals surface area contributed by atoms with Crippen LogP contribution in [0, 0.1) is 0 Å². The highest BCUT2D eigenvalue weighted by molar-refractivity contribution is 7.90. The van der Waals surface area contributed by atoms with Crippen LogP contribution in [0.15, 0.2) is 40.1 Å². The summed E-state index contributed by atoms with van der Waals surface area (Å²) in [7, 11) is -4.72. The number of rotatable bonds is 11. The fourth-order valence-electron chi connectivity index (χ4n) is 3.97. The van der Waals surface area contributed by atoms with Gasteiger partial charge in [-0.25, -0.2) is 31.1 Å². The van der Waals surface area contributed by atoms with Crippen molar-refractivity contribution < 1.29 is 35.9 Å². The van der Waals surface area contributed by atoms with Gasteiger partial charge in [-0.2, -0.15) is 0 Å². The molecule has 0 fully saturated rings. The second kappa shape index (κ2) is 12.2. The fraction of sp³-hybridized carbons (Fsp3) is 0.440. The zero-order valence-corrected chi connectivity index (χ0v) is 23.7. The molecule has 0 saturated carbocycles. The Morgan fingerprint density at radius 2 is 1.46 bits per heavy atom. The van der Waals surface area contributed by atoms with Crippen molar-refractivity contribution in [2.75, 3.05) is 21.3 Å². The molecule has 0 aliphatic heterocycles. The molecular formula is C25H34N2O8S2. The SMILES string of the molecule is CNS(=O)(=O)c1ccc(S(=O)(=O)NC(=O)Cc2c(C(C)C)cc(COC)cc2C(C)C)c(C(=O)OC)c1. The van der Waals surface area contributed by atoms with Crippen LogP contribution in [0.25, 0.3) is 0 Å². The zero-order valence-electron chi connectivity index (χ0n) is 22.0. The molecular weight excluding hydrogens is 520 g/mol. The van der Waals surface area contributed by atoms with Crippen LogP contribution in [-0.4, -0.2) is 50.0 Å². The molecule has 0 aliphatic carbocycles.